The molecule has 2 aromatic heterocycles. The van der Waals surface area contributed by atoms with E-state index >= 15 is 0 Å². The monoisotopic (exact) mass is 325 g/mol. The molecule has 2 heterocycles. The zero-order chi connectivity index (χ0) is 16.4. The molecule has 3 rings (SSSR count). The number of nitrogens with zero attached hydrogens (tertiary/aromatic N) is 3. The number of aliphatic hydroxyl groups is 1. The van der Waals surface area contributed by atoms with E-state index in [9.17, 15) is 5.11 Å². The first-order valence-electron chi connectivity index (χ1n) is 7.36. The number of fused-ring (bicyclic) bond motifs is 1. The smallest absolute Gasteiger partial charge is 0.132 e. The van der Waals surface area contributed by atoms with E-state index in [2.05, 4.69) is 21.8 Å². The molecule has 116 valence electrons. The fourth-order valence-corrected chi connectivity index (χ4v) is 2.50. The molecule has 0 saturated carbocycles. The number of aliphatic hydroxyl groups excluding tert-OH is 1. The van der Waals surface area contributed by atoms with E-state index in [0.717, 1.165) is 27.9 Å². The summed E-state index contributed by atoms with van der Waals surface area (Å²) in [6.45, 7) is 1.89. The first kappa shape index (κ1) is 15.5. The van der Waals surface area contributed by atoms with Crippen molar-refractivity contribution in [2.24, 2.45) is 7.05 Å². The molecular formula is C18H16ClN3O. The van der Waals surface area contributed by atoms with Gasteiger partial charge in [0, 0.05) is 24.2 Å². The van der Waals surface area contributed by atoms with Crippen molar-refractivity contribution in [1.29, 1.82) is 0 Å². The average Bonchev–Trinajstić information content (AvgIpc) is 2.93. The van der Waals surface area contributed by atoms with Crippen LogP contribution in [0.4, 0.5) is 0 Å². The van der Waals surface area contributed by atoms with Gasteiger partial charge in [-0.3, -0.25) is 0 Å². The van der Waals surface area contributed by atoms with Crippen molar-refractivity contribution in [3.63, 3.8) is 0 Å². The van der Waals surface area contributed by atoms with Gasteiger partial charge in [-0.05, 0) is 18.6 Å². The number of aryl methyl sites for hydroxylation is 1. The molecule has 1 aromatic carbocycles. The van der Waals surface area contributed by atoms with E-state index in [0.29, 0.717) is 11.6 Å². The van der Waals surface area contributed by atoms with Gasteiger partial charge in [0.1, 0.15) is 16.8 Å². The van der Waals surface area contributed by atoms with Gasteiger partial charge in [-0.2, -0.15) is 0 Å². The molecular weight excluding hydrogens is 310 g/mol. The highest BCUT2D eigenvalue weighted by molar-refractivity contribution is 6.30. The summed E-state index contributed by atoms with van der Waals surface area (Å²) in [6.07, 6.45) is 1.75. The third kappa shape index (κ3) is 3.21. The van der Waals surface area contributed by atoms with Crippen LogP contribution in [0.15, 0.2) is 36.7 Å². The summed E-state index contributed by atoms with van der Waals surface area (Å²) in [4.78, 5) is 8.85. The molecule has 0 radical (unpaired) electrons. The van der Waals surface area contributed by atoms with Crippen LogP contribution in [0.3, 0.4) is 0 Å². The van der Waals surface area contributed by atoms with Gasteiger partial charge < -0.3 is 9.67 Å². The van der Waals surface area contributed by atoms with Crippen LogP contribution in [0, 0.1) is 11.8 Å². The summed E-state index contributed by atoms with van der Waals surface area (Å²) in [7, 11) is 1.92. The molecule has 5 heteroatoms. The lowest BCUT2D eigenvalue weighted by Gasteiger charge is -2.05. The second-order valence-electron chi connectivity index (χ2n) is 5.29. The van der Waals surface area contributed by atoms with Gasteiger partial charge in [0.25, 0.3) is 0 Å². The highest BCUT2D eigenvalue weighted by Crippen LogP contribution is 2.28. The minimum Gasteiger partial charge on any atom is -0.380 e. The van der Waals surface area contributed by atoms with Crippen LogP contribution in [-0.4, -0.2) is 25.7 Å². The maximum Gasteiger partial charge on any atom is 0.132 e. The minimum atomic E-state index is -0.606. The lowest BCUT2D eigenvalue weighted by atomic mass is 10.1. The van der Waals surface area contributed by atoms with Gasteiger partial charge >= 0.3 is 0 Å². The zero-order valence-corrected chi connectivity index (χ0v) is 13.7. The number of imidazole rings is 1. The molecule has 4 nitrogen and oxygen atoms in total. The van der Waals surface area contributed by atoms with E-state index < -0.39 is 6.10 Å². The maximum atomic E-state index is 9.57. The molecule has 0 amide bonds. The predicted octanol–water partition coefficient (Wildman–Crippen LogP) is 3.41. The van der Waals surface area contributed by atoms with Gasteiger partial charge in [-0.1, -0.05) is 42.5 Å². The molecule has 23 heavy (non-hydrogen) atoms. The summed E-state index contributed by atoms with van der Waals surface area (Å²) >= 11 is 6.15. The third-order valence-electron chi connectivity index (χ3n) is 3.59. The van der Waals surface area contributed by atoms with Crippen LogP contribution < -0.4 is 0 Å². The fraction of sp³-hybridized carbons (Fsp3) is 0.222. The van der Waals surface area contributed by atoms with E-state index in [1.165, 1.54) is 0 Å². The van der Waals surface area contributed by atoms with Gasteiger partial charge in [-0.15, -0.1) is 0 Å². The Bertz CT molecular complexity index is 921. The van der Waals surface area contributed by atoms with Crippen molar-refractivity contribution >= 4 is 22.6 Å². The van der Waals surface area contributed by atoms with E-state index in [1.807, 2.05) is 42.8 Å². The molecule has 0 spiro atoms. The SMILES string of the molecule is CCC(O)C#Cc1cccc(-c2nc(Cl)cc3c2ncn3C)c1. The normalized spacial score (nSPS) is 12.0. The Labute approximate surface area is 139 Å². The summed E-state index contributed by atoms with van der Waals surface area (Å²) in [5.41, 5.74) is 4.18. The van der Waals surface area contributed by atoms with Gasteiger partial charge in [-0.25, -0.2) is 9.97 Å². The summed E-state index contributed by atoms with van der Waals surface area (Å²) in [5, 5.41) is 9.99. The van der Waals surface area contributed by atoms with Crippen LogP contribution >= 0.6 is 11.6 Å². The molecule has 0 bridgehead atoms. The number of rotatable bonds is 2. The van der Waals surface area contributed by atoms with Crippen LogP contribution in [0.25, 0.3) is 22.3 Å². The Morgan fingerprint density at radius 2 is 2.17 bits per heavy atom. The van der Waals surface area contributed by atoms with E-state index in [4.69, 9.17) is 11.6 Å². The molecule has 1 unspecified atom stereocenters. The van der Waals surface area contributed by atoms with Crippen molar-refractivity contribution in [3.8, 4) is 23.1 Å². The quantitative estimate of drug-likeness (QED) is 0.580. The Hall–Kier alpha value is -2.35. The number of hydrogen-bond donors (Lipinski definition) is 1. The molecule has 1 N–H and O–H groups in total. The Morgan fingerprint density at radius 1 is 1.35 bits per heavy atom. The number of aromatic nitrogens is 3. The third-order valence-corrected chi connectivity index (χ3v) is 3.78. The van der Waals surface area contributed by atoms with Gasteiger partial charge in [0.05, 0.1) is 17.5 Å². The molecule has 0 aliphatic heterocycles. The second kappa shape index (κ2) is 6.41. The fourth-order valence-electron chi connectivity index (χ4n) is 2.31. The number of hydrogen-bond acceptors (Lipinski definition) is 3. The highest BCUT2D eigenvalue weighted by Gasteiger charge is 2.11. The largest absolute Gasteiger partial charge is 0.380 e. The van der Waals surface area contributed by atoms with Gasteiger partial charge in [0.2, 0.25) is 0 Å². The standard InChI is InChI=1S/C18H16ClN3O/c1-3-14(23)8-7-12-5-4-6-13(9-12)17-18-15(10-16(19)21-17)22(2)11-20-18/h4-6,9-11,14,23H,3H2,1-2H3. The molecule has 0 aliphatic rings. The Kier molecular flexibility index (Phi) is 4.33. The van der Waals surface area contributed by atoms with E-state index in [-0.39, 0.29) is 0 Å². The molecule has 3 aromatic rings. The van der Waals surface area contributed by atoms with E-state index in [1.54, 1.807) is 12.4 Å². The predicted molar refractivity (Wildman–Crippen MR) is 92.1 cm³/mol. The number of benzene rings is 1. The van der Waals surface area contributed by atoms with Crippen molar-refractivity contribution in [3.05, 3.63) is 47.4 Å². The molecule has 0 fully saturated rings. The van der Waals surface area contributed by atoms with Crippen LogP contribution in [-0.2, 0) is 7.05 Å². The first-order chi connectivity index (χ1) is 11.1. The average molecular weight is 326 g/mol. The number of pyridine rings is 1. The highest BCUT2D eigenvalue weighted by atomic mass is 35.5. The van der Waals surface area contributed by atoms with Gasteiger partial charge in [0.15, 0.2) is 0 Å². The molecule has 0 aliphatic carbocycles. The Balaban J connectivity index is 2.10. The lowest BCUT2D eigenvalue weighted by Crippen LogP contribution is -1.98. The summed E-state index contributed by atoms with van der Waals surface area (Å²) < 4.78 is 1.91. The van der Waals surface area contributed by atoms with Crippen LogP contribution in [0.5, 0.6) is 0 Å². The number of halogens is 1. The second-order valence-corrected chi connectivity index (χ2v) is 5.68. The van der Waals surface area contributed by atoms with Crippen molar-refractivity contribution in [2.45, 2.75) is 19.4 Å². The lowest BCUT2D eigenvalue weighted by molar-refractivity contribution is 0.228. The summed E-state index contributed by atoms with van der Waals surface area (Å²) in [6, 6.07) is 9.50. The zero-order valence-electron chi connectivity index (χ0n) is 12.9. The molecule has 1 atom stereocenters. The molecule has 0 saturated heterocycles. The van der Waals surface area contributed by atoms with Crippen molar-refractivity contribution in [1.82, 2.24) is 14.5 Å². The first-order valence-corrected chi connectivity index (χ1v) is 7.74. The maximum absolute atomic E-state index is 9.57. The van der Waals surface area contributed by atoms with Crippen LogP contribution in [0.2, 0.25) is 5.15 Å². The Morgan fingerprint density at radius 3 is 2.96 bits per heavy atom. The topological polar surface area (TPSA) is 50.9 Å². The van der Waals surface area contributed by atoms with Crippen LogP contribution in [0.1, 0.15) is 18.9 Å². The summed E-state index contributed by atoms with van der Waals surface area (Å²) in [5.74, 6) is 5.81. The van der Waals surface area contributed by atoms with Crippen molar-refractivity contribution < 1.29 is 5.11 Å². The van der Waals surface area contributed by atoms with Crippen molar-refractivity contribution in [2.75, 3.05) is 0 Å². The minimum absolute atomic E-state index is 0.425.